The summed E-state index contributed by atoms with van der Waals surface area (Å²) < 4.78 is 10.6. The second kappa shape index (κ2) is 10.8. The summed E-state index contributed by atoms with van der Waals surface area (Å²) in [5.41, 5.74) is 1.03. The van der Waals surface area contributed by atoms with Crippen molar-refractivity contribution in [3.05, 3.63) is 23.8 Å². The average molecular weight is 420 g/mol. The quantitative estimate of drug-likeness (QED) is 0.573. The SMILES string of the molecule is CCN(CC)C(=O)CN(C)C(=O)C1CC(=O)N(CCc2ccc(OC)c(OC)c2)C1. The van der Waals surface area contributed by atoms with Crippen LogP contribution in [0.4, 0.5) is 0 Å². The Morgan fingerprint density at radius 1 is 1.13 bits per heavy atom. The van der Waals surface area contributed by atoms with Crippen LogP contribution in [-0.4, -0.2) is 86.4 Å². The molecule has 1 aromatic carbocycles. The van der Waals surface area contributed by atoms with Crippen LogP contribution in [0.25, 0.3) is 0 Å². The highest BCUT2D eigenvalue weighted by molar-refractivity contribution is 5.91. The molecule has 3 amide bonds. The lowest BCUT2D eigenvalue weighted by Gasteiger charge is -2.25. The Morgan fingerprint density at radius 2 is 1.80 bits per heavy atom. The summed E-state index contributed by atoms with van der Waals surface area (Å²) in [5.74, 6) is 0.638. The first-order chi connectivity index (χ1) is 14.3. The van der Waals surface area contributed by atoms with Gasteiger partial charge in [-0.1, -0.05) is 6.07 Å². The highest BCUT2D eigenvalue weighted by Crippen LogP contribution is 2.28. The summed E-state index contributed by atoms with van der Waals surface area (Å²) >= 11 is 0. The summed E-state index contributed by atoms with van der Waals surface area (Å²) in [7, 11) is 4.80. The molecule has 1 heterocycles. The third-order valence-corrected chi connectivity index (χ3v) is 5.55. The predicted molar refractivity (Wildman–Crippen MR) is 114 cm³/mol. The number of carbonyl (C=O) groups is 3. The Kier molecular flexibility index (Phi) is 8.50. The van der Waals surface area contributed by atoms with Crippen LogP contribution in [0, 0.1) is 5.92 Å². The minimum absolute atomic E-state index is 0.0303. The van der Waals surface area contributed by atoms with E-state index in [1.807, 2.05) is 32.0 Å². The van der Waals surface area contributed by atoms with E-state index in [-0.39, 0.29) is 30.7 Å². The summed E-state index contributed by atoms with van der Waals surface area (Å²) in [6.07, 6.45) is 0.845. The lowest BCUT2D eigenvalue weighted by molar-refractivity contribution is -0.141. The number of likely N-dealkylation sites (tertiary alicyclic amines) is 1. The molecule has 1 aromatic rings. The Bertz CT molecular complexity index is 763. The molecule has 0 aromatic heterocycles. The van der Waals surface area contributed by atoms with E-state index in [0.717, 1.165) is 5.56 Å². The Hall–Kier alpha value is -2.77. The highest BCUT2D eigenvalue weighted by Gasteiger charge is 2.36. The monoisotopic (exact) mass is 419 g/mol. The first-order valence-electron chi connectivity index (χ1n) is 10.4. The normalized spacial score (nSPS) is 15.8. The maximum Gasteiger partial charge on any atom is 0.242 e. The largest absolute Gasteiger partial charge is 0.493 e. The predicted octanol–water partition coefficient (Wildman–Crippen LogP) is 1.42. The van der Waals surface area contributed by atoms with E-state index in [0.29, 0.717) is 44.1 Å². The molecule has 0 spiro atoms. The molecule has 0 radical (unpaired) electrons. The van der Waals surface area contributed by atoms with Crippen LogP contribution in [0.5, 0.6) is 11.5 Å². The molecule has 1 aliphatic heterocycles. The van der Waals surface area contributed by atoms with Crippen molar-refractivity contribution in [2.24, 2.45) is 5.92 Å². The molecule has 2 rings (SSSR count). The maximum absolute atomic E-state index is 12.7. The zero-order valence-electron chi connectivity index (χ0n) is 18.6. The second-order valence-electron chi connectivity index (χ2n) is 7.44. The van der Waals surface area contributed by atoms with Crippen LogP contribution in [0.2, 0.25) is 0 Å². The molecule has 1 saturated heterocycles. The van der Waals surface area contributed by atoms with Gasteiger partial charge >= 0.3 is 0 Å². The molecule has 166 valence electrons. The van der Waals surface area contributed by atoms with Gasteiger partial charge in [0.2, 0.25) is 17.7 Å². The number of rotatable bonds is 10. The van der Waals surface area contributed by atoms with E-state index in [1.54, 1.807) is 31.1 Å². The van der Waals surface area contributed by atoms with Crippen molar-refractivity contribution in [3.63, 3.8) is 0 Å². The van der Waals surface area contributed by atoms with Crippen LogP contribution in [0.3, 0.4) is 0 Å². The van der Waals surface area contributed by atoms with Crippen molar-refractivity contribution in [1.82, 2.24) is 14.7 Å². The van der Waals surface area contributed by atoms with Gasteiger partial charge in [-0.3, -0.25) is 14.4 Å². The van der Waals surface area contributed by atoms with E-state index in [4.69, 9.17) is 9.47 Å². The van der Waals surface area contributed by atoms with Gasteiger partial charge in [0, 0.05) is 39.6 Å². The van der Waals surface area contributed by atoms with E-state index >= 15 is 0 Å². The van der Waals surface area contributed by atoms with Gasteiger partial charge < -0.3 is 24.2 Å². The number of carbonyl (C=O) groups excluding carboxylic acids is 3. The molecule has 0 bridgehead atoms. The number of benzene rings is 1. The summed E-state index contributed by atoms with van der Waals surface area (Å²) in [5, 5.41) is 0. The molecule has 30 heavy (non-hydrogen) atoms. The summed E-state index contributed by atoms with van der Waals surface area (Å²) in [6, 6.07) is 5.68. The number of methoxy groups -OCH3 is 2. The third kappa shape index (κ3) is 5.64. The molecular formula is C22H33N3O5. The zero-order chi connectivity index (χ0) is 22.3. The fraction of sp³-hybridized carbons (Fsp3) is 0.591. The minimum Gasteiger partial charge on any atom is -0.493 e. The molecule has 0 saturated carbocycles. The molecule has 1 unspecified atom stereocenters. The summed E-state index contributed by atoms with van der Waals surface area (Å²) in [6.45, 7) is 6.00. The Morgan fingerprint density at radius 3 is 2.40 bits per heavy atom. The van der Waals surface area contributed by atoms with E-state index < -0.39 is 5.92 Å². The number of hydrogen-bond donors (Lipinski definition) is 0. The smallest absolute Gasteiger partial charge is 0.242 e. The maximum atomic E-state index is 12.7. The van der Waals surface area contributed by atoms with Gasteiger partial charge in [-0.25, -0.2) is 0 Å². The Balaban J connectivity index is 1.91. The van der Waals surface area contributed by atoms with Crippen molar-refractivity contribution in [1.29, 1.82) is 0 Å². The van der Waals surface area contributed by atoms with Gasteiger partial charge in [0.1, 0.15) is 0 Å². The Labute approximate surface area is 178 Å². The second-order valence-corrected chi connectivity index (χ2v) is 7.44. The number of amides is 3. The number of nitrogens with zero attached hydrogens (tertiary/aromatic N) is 3. The van der Waals surface area contributed by atoms with Gasteiger partial charge in [-0.05, 0) is 38.0 Å². The first-order valence-corrected chi connectivity index (χ1v) is 10.4. The first kappa shape index (κ1) is 23.5. The molecule has 8 heteroatoms. The summed E-state index contributed by atoms with van der Waals surface area (Å²) in [4.78, 5) is 42.3. The molecule has 1 fully saturated rings. The lowest BCUT2D eigenvalue weighted by atomic mass is 10.1. The van der Waals surface area contributed by atoms with Gasteiger partial charge in [0.25, 0.3) is 0 Å². The number of ether oxygens (including phenoxy) is 2. The minimum atomic E-state index is -0.405. The van der Waals surface area contributed by atoms with Crippen molar-refractivity contribution >= 4 is 17.7 Å². The molecular weight excluding hydrogens is 386 g/mol. The van der Waals surface area contributed by atoms with E-state index in [1.165, 1.54) is 4.90 Å². The van der Waals surface area contributed by atoms with Crippen LogP contribution in [0.15, 0.2) is 18.2 Å². The van der Waals surface area contributed by atoms with Gasteiger partial charge in [0.15, 0.2) is 11.5 Å². The van der Waals surface area contributed by atoms with Crippen molar-refractivity contribution in [3.8, 4) is 11.5 Å². The molecule has 8 nitrogen and oxygen atoms in total. The number of hydrogen-bond acceptors (Lipinski definition) is 5. The fourth-order valence-corrected chi connectivity index (χ4v) is 3.72. The van der Waals surface area contributed by atoms with Crippen LogP contribution < -0.4 is 9.47 Å². The van der Waals surface area contributed by atoms with Crippen LogP contribution in [0.1, 0.15) is 25.8 Å². The van der Waals surface area contributed by atoms with E-state index in [9.17, 15) is 14.4 Å². The highest BCUT2D eigenvalue weighted by atomic mass is 16.5. The molecule has 1 aliphatic rings. The third-order valence-electron chi connectivity index (χ3n) is 5.55. The van der Waals surface area contributed by atoms with Crippen LogP contribution in [-0.2, 0) is 20.8 Å². The standard InChI is InChI=1S/C22H33N3O5/c1-6-24(7-2)21(27)15-23(3)22(28)17-13-20(26)25(14-17)11-10-16-8-9-18(29-4)19(12-16)30-5/h8-9,12,17H,6-7,10-11,13-15H2,1-5H3. The van der Waals surface area contributed by atoms with Crippen LogP contribution >= 0.6 is 0 Å². The molecule has 0 N–H and O–H groups in total. The number of likely N-dealkylation sites (N-methyl/N-ethyl adjacent to an activating group) is 2. The average Bonchev–Trinajstić information content (AvgIpc) is 3.12. The van der Waals surface area contributed by atoms with Crippen molar-refractivity contribution in [2.75, 3.05) is 54.0 Å². The fourth-order valence-electron chi connectivity index (χ4n) is 3.72. The van der Waals surface area contributed by atoms with Gasteiger partial charge in [0.05, 0.1) is 26.7 Å². The van der Waals surface area contributed by atoms with Crippen molar-refractivity contribution in [2.45, 2.75) is 26.7 Å². The van der Waals surface area contributed by atoms with Gasteiger partial charge in [-0.2, -0.15) is 0 Å². The van der Waals surface area contributed by atoms with Crippen molar-refractivity contribution < 1.29 is 23.9 Å². The molecule has 1 atom stereocenters. The topological polar surface area (TPSA) is 79.4 Å². The van der Waals surface area contributed by atoms with Gasteiger partial charge in [-0.15, -0.1) is 0 Å². The lowest BCUT2D eigenvalue weighted by Crippen LogP contribution is -2.43. The van der Waals surface area contributed by atoms with E-state index in [2.05, 4.69) is 0 Å². The zero-order valence-corrected chi connectivity index (χ0v) is 18.6. The molecule has 0 aliphatic carbocycles.